The first kappa shape index (κ1) is 13.6. The van der Waals surface area contributed by atoms with Crippen LogP contribution in [0.4, 0.5) is 5.69 Å². The predicted octanol–water partition coefficient (Wildman–Crippen LogP) is 1.17. The van der Waals surface area contributed by atoms with Gasteiger partial charge in [0.25, 0.3) is 0 Å². The van der Waals surface area contributed by atoms with E-state index in [-0.39, 0.29) is 0 Å². The summed E-state index contributed by atoms with van der Waals surface area (Å²) < 4.78 is 6.60. The molecule has 6 heteroatoms. The van der Waals surface area contributed by atoms with E-state index < -0.39 is 0 Å². The molecular formula is C15H13AsN4O. The molecule has 1 atom stereocenters. The summed E-state index contributed by atoms with van der Waals surface area (Å²) in [5, 5.41) is 0. The van der Waals surface area contributed by atoms with Crippen LogP contribution in [0.25, 0.3) is 11.3 Å². The Morgan fingerprint density at radius 1 is 0.952 bits per heavy atom. The van der Waals surface area contributed by atoms with Gasteiger partial charge in [-0.05, 0) is 0 Å². The molecule has 0 saturated carbocycles. The summed E-state index contributed by atoms with van der Waals surface area (Å²) in [4.78, 5) is 12.9. The molecule has 0 aliphatic carbocycles. The zero-order valence-corrected chi connectivity index (χ0v) is 13.5. The molecule has 2 heterocycles. The van der Waals surface area contributed by atoms with Gasteiger partial charge < -0.3 is 0 Å². The Bertz CT molecular complexity index is 762. The number of anilines is 1. The first-order valence-electron chi connectivity index (χ1n) is 6.30. The van der Waals surface area contributed by atoms with E-state index >= 15 is 0 Å². The van der Waals surface area contributed by atoms with Crippen molar-refractivity contribution in [1.82, 2.24) is 15.0 Å². The average molecular weight is 340 g/mol. The normalized spacial score (nSPS) is 10.3. The van der Waals surface area contributed by atoms with Gasteiger partial charge in [0, 0.05) is 0 Å². The Kier molecular flexibility index (Phi) is 3.84. The van der Waals surface area contributed by atoms with Crippen LogP contribution in [0, 0.1) is 0 Å². The molecule has 5 nitrogen and oxygen atoms in total. The number of rotatable bonds is 3. The maximum atomic E-state index is 5.84. The van der Waals surface area contributed by atoms with Crippen molar-refractivity contribution in [3.63, 3.8) is 0 Å². The molecule has 2 aromatic heterocycles. The zero-order chi connectivity index (χ0) is 14.7. The zero-order valence-electron chi connectivity index (χ0n) is 11.1. The number of nitrogens with zero attached hydrogens (tertiary/aromatic N) is 3. The van der Waals surface area contributed by atoms with Crippen LogP contribution in [0.1, 0.15) is 0 Å². The van der Waals surface area contributed by atoms with Crippen molar-refractivity contribution in [3.05, 3.63) is 54.9 Å². The number of nitrogens with two attached hydrogens (primary N) is 1. The molecule has 0 saturated heterocycles. The van der Waals surface area contributed by atoms with Crippen molar-refractivity contribution in [3.8, 4) is 22.9 Å². The first-order chi connectivity index (χ1) is 10.2. The number of pyridine rings is 1. The summed E-state index contributed by atoms with van der Waals surface area (Å²) in [6.45, 7) is 0. The minimum absolute atomic E-state index is 0.507. The monoisotopic (exact) mass is 340 g/mol. The standard InChI is InChI=1S/C15H13AsN4O/c16-15-19-9-7-13(20-15)12-2-1-8-18-14(12)21-11-5-3-10(17)4-6-11/h1-9H,16-17H2. The van der Waals surface area contributed by atoms with Crippen molar-refractivity contribution in [2.75, 3.05) is 5.73 Å². The van der Waals surface area contributed by atoms with Crippen molar-refractivity contribution >= 4 is 27.2 Å². The van der Waals surface area contributed by atoms with Gasteiger partial charge in [-0.2, -0.15) is 0 Å². The van der Waals surface area contributed by atoms with E-state index in [1.165, 1.54) is 16.9 Å². The number of benzene rings is 1. The van der Waals surface area contributed by atoms with E-state index in [4.69, 9.17) is 10.5 Å². The van der Waals surface area contributed by atoms with E-state index in [2.05, 4.69) is 15.0 Å². The third-order valence-electron chi connectivity index (χ3n) is 2.82. The van der Waals surface area contributed by atoms with Gasteiger partial charge in [-0.3, -0.25) is 0 Å². The Morgan fingerprint density at radius 3 is 2.52 bits per heavy atom. The summed E-state index contributed by atoms with van der Waals surface area (Å²) in [5.41, 5.74) is 7.99. The van der Waals surface area contributed by atoms with Crippen LogP contribution in [0.2, 0.25) is 0 Å². The molecule has 0 radical (unpaired) electrons. The molecule has 21 heavy (non-hydrogen) atoms. The second kappa shape index (κ2) is 5.93. The molecule has 0 bridgehead atoms. The molecule has 1 unspecified atom stereocenters. The molecule has 0 amide bonds. The van der Waals surface area contributed by atoms with Crippen LogP contribution in [0.15, 0.2) is 54.9 Å². The van der Waals surface area contributed by atoms with Crippen LogP contribution in [-0.2, 0) is 0 Å². The van der Waals surface area contributed by atoms with Crippen molar-refractivity contribution in [1.29, 1.82) is 0 Å². The number of hydrogen-bond donors (Lipinski definition) is 1. The topological polar surface area (TPSA) is 73.9 Å². The molecule has 0 spiro atoms. The van der Waals surface area contributed by atoms with E-state index in [0.717, 1.165) is 15.9 Å². The quantitative estimate of drug-likeness (QED) is 0.572. The third-order valence-corrected chi connectivity index (χ3v) is 3.40. The van der Waals surface area contributed by atoms with Crippen molar-refractivity contribution < 1.29 is 4.74 Å². The number of aromatic nitrogens is 3. The van der Waals surface area contributed by atoms with Gasteiger partial charge in [-0.1, -0.05) is 0 Å². The molecule has 3 rings (SSSR count). The summed E-state index contributed by atoms with van der Waals surface area (Å²) in [7, 11) is 0. The van der Waals surface area contributed by atoms with Crippen LogP contribution < -0.4 is 15.1 Å². The molecule has 1 aromatic carbocycles. The van der Waals surface area contributed by atoms with Crippen molar-refractivity contribution in [2.24, 2.45) is 0 Å². The van der Waals surface area contributed by atoms with Gasteiger partial charge in [-0.25, -0.2) is 0 Å². The van der Waals surface area contributed by atoms with Gasteiger partial charge in [0.2, 0.25) is 0 Å². The summed E-state index contributed by atoms with van der Waals surface area (Å²) in [6, 6.07) is 12.8. The van der Waals surface area contributed by atoms with E-state index in [9.17, 15) is 0 Å². The molecule has 0 aliphatic rings. The average Bonchev–Trinajstić information content (AvgIpc) is 2.50. The SMILES string of the molecule is Nc1ccc(Oc2ncccc2-c2ccnc([AsH2])n2)cc1. The molecule has 104 valence electrons. The molecule has 0 fully saturated rings. The van der Waals surface area contributed by atoms with Gasteiger partial charge >= 0.3 is 130 Å². The van der Waals surface area contributed by atoms with Crippen LogP contribution in [0.3, 0.4) is 0 Å². The fourth-order valence-corrected chi connectivity index (χ4v) is 2.31. The third kappa shape index (κ3) is 3.20. The number of nitrogen functional groups attached to an aromatic ring is 1. The van der Waals surface area contributed by atoms with Crippen LogP contribution in [0.5, 0.6) is 11.6 Å². The van der Waals surface area contributed by atoms with E-state index in [0.29, 0.717) is 17.3 Å². The Labute approximate surface area is 130 Å². The Hall–Kier alpha value is -2.39. The fraction of sp³-hybridized carbons (Fsp3) is 0. The second-order valence-corrected chi connectivity index (χ2v) is 5.41. The molecule has 2 N–H and O–H groups in total. The fourth-order valence-electron chi connectivity index (χ4n) is 1.84. The minimum atomic E-state index is 0.507. The van der Waals surface area contributed by atoms with Gasteiger partial charge in [-0.15, -0.1) is 0 Å². The number of ether oxygens (including phenoxy) is 1. The van der Waals surface area contributed by atoms with Gasteiger partial charge in [0.1, 0.15) is 0 Å². The predicted molar refractivity (Wildman–Crippen MR) is 84.4 cm³/mol. The summed E-state index contributed by atoms with van der Waals surface area (Å²) in [5.74, 6) is 1.19. The molecule has 0 aliphatic heterocycles. The van der Waals surface area contributed by atoms with Crippen LogP contribution in [-0.4, -0.2) is 31.8 Å². The summed E-state index contributed by atoms with van der Waals surface area (Å²) in [6.07, 6.45) is 3.42. The first-order valence-corrected chi connectivity index (χ1v) is 7.51. The Balaban J connectivity index is 1.98. The van der Waals surface area contributed by atoms with E-state index in [1.54, 1.807) is 24.5 Å². The van der Waals surface area contributed by atoms with Crippen molar-refractivity contribution in [2.45, 2.75) is 0 Å². The van der Waals surface area contributed by atoms with Crippen LogP contribution >= 0.6 is 0 Å². The van der Waals surface area contributed by atoms with Gasteiger partial charge in [0.15, 0.2) is 0 Å². The Morgan fingerprint density at radius 2 is 1.76 bits per heavy atom. The molecule has 3 aromatic rings. The van der Waals surface area contributed by atoms with Gasteiger partial charge in [0.05, 0.1) is 0 Å². The molecular weight excluding hydrogens is 327 g/mol. The summed E-state index contributed by atoms with van der Waals surface area (Å²) >= 11 is 1.38. The van der Waals surface area contributed by atoms with E-state index in [1.807, 2.05) is 30.3 Å². The second-order valence-electron chi connectivity index (χ2n) is 4.33. The maximum absolute atomic E-state index is 5.84. The number of hydrogen-bond acceptors (Lipinski definition) is 5.